The highest BCUT2D eigenvalue weighted by Gasteiger charge is 2.47. The lowest BCUT2D eigenvalue weighted by molar-refractivity contribution is -0.132. The average molecular weight is 445 g/mol. The minimum atomic E-state index is -0.946. The molecule has 1 fully saturated rings. The molecule has 1 unspecified atom stereocenters. The average Bonchev–Trinajstić information content (AvgIpc) is 3.08. The number of ketones is 1. The highest BCUT2D eigenvalue weighted by molar-refractivity contribution is 6.51. The summed E-state index contributed by atoms with van der Waals surface area (Å²) in [5, 5.41) is 20.6. The summed E-state index contributed by atoms with van der Waals surface area (Å²) in [6.07, 6.45) is 0. The molecule has 1 heterocycles. The summed E-state index contributed by atoms with van der Waals surface area (Å²) in [6, 6.07) is 20.8. The number of ether oxygens (including phenoxy) is 1. The van der Waals surface area contributed by atoms with Gasteiger partial charge in [0.2, 0.25) is 0 Å². The summed E-state index contributed by atoms with van der Waals surface area (Å²) in [4.78, 5) is 27.6. The highest BCUT2D eigenvalue weighted by Crippen LogP contribution is 2.44. The Kier molecular flexibility index (Phi) is 5.67. The number of rotatable bonds is 4. The molecule has 1 saturated heterocycles. The first-order valence-corrected chi connectivity index (χ1v) is 10.0. The number of nitriles is 1. The Morgan fingerprint density at radius 3 is 2.44 bits per heavy atom. The van der Waals surface area contributed by atoms with E-state index in [9.17, 15) is 14.7 Å². The summed E-state index contributed by atoms with van der Waals surface area (Å²) in [5.74, 6) is -1.51. The summed E-state index contributed by atoms with van der Waals surface area (Å²) >= 11 is 6.07. The van der Waals surface area contributed by atoms with Crippen molar-refractivity contribution in [1.29, 1.82) is 5.26 Å². The quantitative estimate of drug-likeness (QED) is 0.353. The molecule has 0 radical (unpaired) electrons. The van der Waals surface area contributed by atoms with E-state index in [1.807, 2.05) is 6.07 Å². The molecule has 4 rings (SSSR count). The molecule has 1 aliphatic heterocycles. The maximum atomic E-state index is 13.2. The number of methoxy groups -OCH3 is 1. The molecule has 0 spiro atoms. The van der Waals surface area contributed by atoms with Crippen molar-refractivity contribution >= 4 is 34.7 Å². The van der Waals surface area contributed by atoms with Crippen LogP contribution in [0.1, 0.15) is 22.7 Å². The van der Waals surface area contributed by atoms with E-state index in [2.05, 4.69) is 0 Å². The first kappa shape index (κ1) is 21.2. The Morgan fingerprint density at radius 1 is 1.06 bits per heavy atom. The number of anilines is 1. The smallest absolute Gasteiger partial charge is 0.300 e. The van der Waals surface area contributed by atoms with E-state index in [-0.39, 0.29) is 11.3 Å². The second-order valence-electron chi connectivity index (χ2n) is 7.08. The van der Waals surface area contributed by atoms with Crippen LogP contribution in [0.5, 0.6) is 5.75 Å². The van der Waals surface area contributed by atoms with Crippen LogP contribution in [0.2, 0.25) is 5.02 Å². The zero-order valence-electron chi connectivity index (χ0n) is 16.9. The number of aliphatic hydroxyl groups excluding tert-OH is 1. The van der Waals surface area contributed by atoms with Crippen molar-refractivity contribution in [3.05, 3.63) is 100 Å². The van der Waals surface area contributed by atoms with Gasteiger partial charge in [0.25, 0.3) is 11.7 Å². The van der Waals surface area contributed by atoms with Crippen LogP contribution in [0, 0.1) is 11.3 Å². The normalized spacial score (nSPS) is 17.3. The predicted molar refractivity (Wildman–Crippen MR) is 120 cm³/mol. The van der Waals surface area contributed by atoms with Crippen LogP contribution in [-0.4, -0.2) is 23.9 Å². The van der Waals surface area contributed by atoms with Gasteiger partial charge in [-0.2, -0.15) is 5.26 Å². The molecular weight excluding hydrogens is 428 g/mol. The number of halogens is 1. The molecule has 1 atom stereocenters. The van der Waals surface area contributed by atoms with Crippen LogP contribution in [-0.2, 0) is 9.59 Å². The van der Waals surface area contributed by atoms with Gasteiger partial charge in [0.15, 0.2) is 0 Å². The molecule has 1 aliphatic rings. The van der Waals surface area contributed by atoms with E-state index in [0.717, 1.165) is 0 Å². The van der Waals surface area contributed by atoms with E-state index < -0.39 is 17.7 Å². The van der Waals surface area contributed by atoms with Crippen LogP contribution in [0.3, 0.4) is 0 Å². The number of hydrogen-bond acceptors (Lipinski definition) is 5. The minimum Gasteiger partial charge on any atom is -0.507 e. The summed E-state index contributed by atoms with van der Waals surface area (Å²) in [6.45, 7) is 0. The van der Waals surface area contributed by atoms with Crippen molar-refractivity contribution in [3.8, 4) is 11.8 Å². The fraction of sp³-hybridized carbons (Fsp3) is 0.0800. The lowest BCUT2D eigenvalue weighted by Crippen LogP contribution is -2.29. The number of carbonyl (C=O) groups excluding carboxylic acids is 2. The lowest BCUT2D eigenvalue weighted by Gasteiger charge is -2.26. The zero-order valence-corrected chi connectivity index (χ0v) is 17.7. The van der Waals surface area contributed by atoms with E-state index in [0.29, 0.717) is 33.1 Å². The van der Waals surface area contributed by atoms with Crippen molar-refractivity contribution in [2.45, 2.75) is 6.04 Å². The van der Waals surface area contributed by atoms with E-state index in [1.165, 1.54) is 18.1 Å². The monoisotopic (exact) mass is 444 g/mol. The second-order valence-corrected chi connectivity index (χ2v) is 7.52. The van der Waals surface area contributed by atoms with Gasteiger partial charge in [0.1, 0.15) is 11.5 Å². The Balaban J connectivity index is 1.98. The van der Waals surface area contributed by atoms with E-state index in [1.54, 1.807) is 66.7 Å². The molecule has 32 heavy (non-hydrogen) atoms. The number of amides is 1. The van der Waals surface area contributed by atoms with Crippen LogP contribution in [0.15, 0.2) is 78.4 Å². The first-order chi connectivity index (χ1) is 15.5. The third kappa shape index (κ3) is 3.59. The Hall–Kier alpha value is -4.08. The van der Waals surface area contributed by atoms with Crippen molar-refractivity contribution in [3.63, 3.8) is 0 Å². The number of carbonyl (C=O) groups is 2. The van der Waals surface area contributed by atoms with Gasteiger partial charge >= 0.3 is 0 Å². The van der Waals surface area contributed by atoms with E-state index >= 15 is 0 Å². The lowest BCUT2D eigenvalue weighted by atomic mass is 9.94. The Bertz CT molecular complexity index is 1290. The Labute approximate surface area is 189 Å². The Morgan fingerprint density at radius 2 is 1.78 bits per heavy atom. The van der Waals surface area contributed by atoms with Crippen molar-refractivity contribution in [2.24, 2.45) is 0 Å². The summed E-state index contributed by atoms with van der Waals surface area (Å²) in [7, 11) is 1.49. The summed E-state index contributed by atoms with van der Waals surface area (Å²) < 4.78 is 5.48. The minimum absolute atomic E-state index is 0.0777. The van der Waals surface area contributed by atoms with Crippen LogP contribution >= 0.6 is 11.6 Å². The predicted octanol–water partition coefficient (Wildman–Crippen LogP) is 4.85. The number of para-hydroxylation sites is 1. The highest BCUT2D eigenvalue weighted by atomic mass is 35.5. The van der Waals surface area contributed by atoms with Gasteiger partial charge in [-0.25, -0.2) is 0 Å². The molecular formula is C25H17ClN2O4. The van der Waals surface area contributed by atoms with Crippen LogP contribution in [0.4, 0.5) is 5.69 Å². The molecule has 0 aromatic heterocycles. The number of Topliss-reactive ketones (excluding diaryl/α,β-unsaturated/α-hetero) is 1. The van der Waals surface area contributed by atoms with Crippen LogP contribution < -0.4 is 9.64 Å². The number of hydrogen-bond donors (Lipinski definition) is 1. The third-order valence-electron chi connectivity index (χ3n) is 5.25. The largest absolute Gasteiger partial charge is 0.507 e. The first-order valence-electron chi connectivity index (χ1n) is 9.66. The summed E-state index contributed by atoms with van der Waals surface area (Å²) in [5.41, 5.74) is 1.59. The van der Waals surface area contributed by atoms with Gasteiger partial charge in [0.05, 0.1) is 30.4 Å². The SMILES string of the molecule is COc1ccccc1C1/C(=C(/O)c2cccc(Cl)c2)C(=O)C(=O)N1c1ccc(C#N)cc1. The van der Waals surface area contributed by atoms with Crippen molar-refractivity contribution in [2.75, 3.05) is 12.0 Å². The topological polar surface area (TPSA) is 90.6 Å². The maximum absolute atomic E-state index is 13.2. The molecule has 0 aliphatic carbocycles. The maximum Gasteiger partial charge on any atom is 0.300 e. The van der Waals surface area contributed by atoms with Crippen LogP contribution in [0.25, 0.3) is 5.76 Å². The molecule has 1 amide bonds. The van der Waals surface area contributed by atoms with Gasteiger partial charge < -0.3 is 9.84 Å². The standard InChI is InChI=1S/C25H17ClN2O4/c1-32-20-8-3-2-7-19(20)22-21(23(29)16-5-4-6-17(26)13-16)24(30)25(31)28(22)18-11-9-15(14-27)10-12-18/h2-13,22,29H,1H3/b23-21-. The second kappa shape index (κ2) is 8.58. The molecule has 6 nitrogen and oxygen atoms in total. The molecule has 158 valence electrons. The third-order valence-corrected chi connectivity index (χ3v) is 5.49. The number of nitrogens with zero attached hydrogens (tertiary/aromatic N) is 2. The number of benzene rings is 3. The van der Waals surface area contributed by atoms with Gasteiger partial charge in [-0.15, -0.1) is 0 Å². The van der Waals surface area contributed by atoms with E-state index in [4.69, 9.17) is 21.6 Å². The number of aliphatic hydroxyl groups is 1. The molecule has 0 bridgehead atoms. The fourth-order valence-electron chi connectivity index (χ4n) is 3.77. The molecule has 1 N–H and O–H groups in total. The fourth-order valence-corrected chi connectivity index (χ4v) is 3.96. The molecule has 0 saturated carbocycles. The molecule has 3 aromatic carbocycles. The van der Waals surface area contributed by atoms with Gasteiger partial charge in [0, 0.05) is 21.8 Å². The zero-order chi connectivity index (χ0) is 22.8. The van der Waals surface area contributed by atoms with Crippen molar-refractivity contribution < 1.29 is 19.4 Å². The molecule has 3 aromatic rings. The van der Waals surface area contributed by atoms with Gasteiger partial charge in [-0.1, -0.05) is 41.9 Å². The van der Waals surface area contributed by atoms with Gasteiger partial charge in [-0.3, -0.25) is 14.5 Å². The van der Waals surface area contributed by atoms with Crippen molar-refractivity contribution in [1.82, 2.24) is 0 Å². The van der Waals surface area contributed by atoms with Gasteiger partial charge in [-0.05, 0) is 42.5 Å². The molecule has 7 heteroatoms.